The van der Waals surface area contributed by atoms with Crippen molar-refractivity contribution in [1.29, 1.82) is 0 Å². The first kappa shape index (κ1) is 23.6. The normalized spacial score (nSPS) is 17.8. The molecule has 8 heteroatoms. The Morgan fingerprint density at radius 3 is 2.50 bits per heavy atom. The molecular formula is C24H27ClN2O5. The maximum absolute atomic E-state index is 13.2. The second-order valence-electron chi connectivity index (χ2n) is 7.90. The Morgan fingerprint density at radius 1 is 1.16 bits per heavy atom. The van der Waals surface area contributed by atoms with Crippen molar-refractivity contribution in [2.75, 3.05) is 41.4 Å². The Labute approximate surface area is 192 Å². The number of ether oxygens (including phenoxy) is 2. The Bertz CT molecular complexity index is 1080. The number of aliphatic hydroxyl groups is 1. The summed E-state index contributed by atoms with van der Waals surface area (Å²) < 4.78 is 10.7. The quantitative estimate of drug-likeness (QED) is 0.387. The highest BCUT2D eigenvalue weighted by Gasteiger charge is 2.46. The lowest BCUT2D eigenvalue weighted by atomic mass is 9.94. The van der Waals surface area contributed by atoms with E-state index in [0.717, 1.165) is 5.56 Å². The number of hydrogen-bond donors (Lipinski definition) is 1. The summed E-state index contributed by atoms with van der Waals surface area (Å²) in [5, 5.41) is 11.6. The second-order valence-corrected chi connectivity index (χ2v) is 8.31. The van der Waals surface area contributed by atoms with Crippen molar-refractivity contribution in [3.8, 4) is 11.5 Å². The number of benzene rings is 2. The van der Waals surface area contributed by atoms with Gasteiger partial charge in [0, 0.05) is 13.1 Å². The number of hydrogen-bond acceptors (Lipinski definition) is 6. The number of aliphatic hydroxyl groups excluding tert-OH is 1. The van der Waals surface area contributed by atoms with Crippen LogP contribution in [-0.4, -0.2) is 68.0 Å². The predicted octanol–water partition coefficient (Wildman–Crippen LogP) is 3.65. The number of ketones is 1. The summed E-state index contributed by atoms with van der Waals surface area (Å²) in [6, 6.07) is 9.71. The van der Waals surface area contributed by atoms with E-state index in [9.17, 15) is 14.7 Å². The number of amides is 1. The first-order valence-electron chi connectivity index (χ1n) is 10.1. The number of carbonyl (C=O) groups excluding carboxylic acids is 2. The molecule has 0 saturated carbocycles. The highest BCUT2D eigenvalue weighted by molar-refractivity contribution is 6.46. The van der Waals surface area contributed by atoms with Gasteiger partial charge in [0.15, 0.2) is 0 Å². The lowest BCUT2D eigenvalue weighted by Crippen LogP contribution is -2.35. The van der Waals surface area contributed by atoms with Gasteiger partial charge >= 0.3 is 0 Å². The van der Waals surface area contributed by atoms with Crippen LogP contribution in [0.2, 0.25) is 5.02 Å². The molecule has 32 heavy (non-hydrogen) atoms. The van der Waals surface area contributed by atoms with E-state index in [4.69, 9.17) is 21.1 Å². The molecule has 1 heterocycles. The third-order valence-electron chi connectivity index (χ3n) is 5.38. The van der Waals surface area contributed by atoms with Gasteiger partial charge in [0.25, 0.3) is 11.7 Å². The fourth-order valence-electron chi connectivity index (χ4n) is 3.83. The molecule has 1 saturated heterocycles. The van der Waals surface area contributed by atoms with Crippen molar-refractivity contribution in [3.63, 3.8) is 0 Å². The van der Waals surface area contributed by atoms with Gasteiger partial charge < -0.3 is 24.4 Å². The first-order chi connectivity index (χ1) is 15.2. The maximum Gasteiger partial charge on any atom is 0.295 e. The molecule has 1 atom stereocenters. The number of methoxy groups -OCH3 is 2. The van der Waals surface area contributed by atoms with Gasteiger partial charge in [0.2, 0.25) is 0 Å². The van der Waals surface area contributed by atoms with Gasteiger partial charge in [-0.05, 0) is 56.4 Å². The molecule has 0 aromatic heterocycles. The Balaban J connectivity index is 2.25. The van der Waals surface area contributed by atoms with Gasteiger partial charge in [-0.2, -0.15) is 0 Å². The van der Waals surface area contributed by atoms with Crippen LogP contribution in [-0.2, 0) is 9.59 Å². The van der Waals surface area contributed by atoms with Crippen LogP contribution in [0.1, 0.15) is 22.7 Å². The van der Waals surface area contributed by atoms with Gasteiger partial charge in [-0.3, -0.25) is 9.59 Å². The smallest absolute Gasteiger partial charge is 0.295 e. The second kappa shape index (κ2) is 9.63. The average molecular weight is 459 g/mol. The van der Waals surface area contributed by atoms with E-state index in [0.29, 0.717) is 29.4 Å². The number of aryl methyl sites for hydroxylation is 1. The summed E-state index contributed by atoms with van der Waals surface area (Å²) in [5.41, 5.74) is 1.68. The molecule has 1 fully saturated rings. The van der Waals surface area contributed by atoms with Crippen LogP contribution in [0.5, 0.6) is 11.5 Å². The van der Waals surface area contributed by atoms with Crippen LogP contribution in [0.3, 0.4) is 0 Å². The van der Waals surface area contributed by atoms with E-state index in [-0.39, 0.29) is 22.6 Å². The van der Waals surface area contributed by atoms with E-state index in [1.54, 1.807) is 43.5 Å². The fourth-order valence-corrected chi connectivity index (χ4v) is 4.18. The number of likely N-dealkylation sites (N-methyl/N-ethyl adjacent to an activating group) is 1. The topological polar surface area (TPSA) is 79.3 Å². The number of nitrogens with zero attached hydrogens (tertiary/aromatic N) is 2. The van der Waals surface area contributed by atoms with Crippen LogP contribution in [0.25, 0.3) is 5.76 Å². The first-order valence-corrected chi connectivity index (χ1v) is 10.5. The maximum atomic E-state index is 13.2. The number of rotatable bonds is 7. The van der Waals surface area contributed by atoms with E-state index >= 15 is 0 Å². The molecule has 3 rings (SSSR count). The van der Waals surface area contributed by atoms with Crippen molar-refractivity contribution in [2.45, 2.75) is 13.0 Å². The summed E-state index contributed by atoms with van der Waals surface area (Å²) in [7, 11) is 6.75. The predicted molar refractivity (Wildman–Crippen MR) is 123 cm³/mol. The molecule has 1 aliphatic heterocycles. The lowest BCUT2D eigenvalue weighted by Gasteiger charge is -2.27. The fraction of sp³-hybridized carbons (Fsp3) is 0.333. The van der Waals surface area contributed by atoms with Gasteiger partial charge in [-0.15, -0.1) is 0 Å². The van der Waals surface area contributed by atoms with Crippen molar-refractivity contribution < 1.29 is 24.2 Å². The summed E-state index contributed by atoms with van der Waals surface area (Å²) in [6.45, 7) is 2.67. The van der Waals surface area contributed by atoms with Crippen molar-refractivity contribution in [3.05, 3.63) is 63.7 Å². The van der Waals surface area contributed by atoms with Gasteiger partial charge in [0.05, 0.1) is 36.4 Å². The standard InChI is InChI=1S/C24H27ClN2O5/c1-14-11-17(23(32-5)18(25)12-14)21(28)19-20(15-7-6-8-16(13-15)31-4)27(10-9-26(2)3)24(30)22(19)29/h6-8,11-13,20,28H,9-10H2,1-5H3/b21-19+. The largest absolute Gasteiger partial charge is 0.507 e. The number of carbonyl (C=O) groups is 2. The molecule has 170 valence electrons. The minimum atomic E-state index is -0.783. The third kappa shape index (κ3) is 4.45. The molecule has 1 unspecified atom stereocenters. The molecular weight excluding hydrogens is 432 g/mol. The molecule has 1 N–H and O–H groups in total. The van der Waals surface area contributed by atoms with Crippen LogP contribution >= 0.6 is 11.6 Å². The Morgan fingerprint density at radius 2 is 1.88 bits per heavy atom. The van der Waals surface area contributed by atoms with Crippen LogP contribution in [0.15, 0.2) is 42.0 Å². The van der Waals surface area contributed by atoms with Crippen LogP contribution in [0, 0.1) is 6.92 Å². The number of likely N-dealkylation sites (tertiary alicyclic amines) is 1. The molecule has 0 aliphatic carbocycles. The minimum Gasteiger partial charge on any atom is -0.507 e. The number of halogens is 1. The average Bonchev–Trinajstić information content (AvgIpc) is 3.01. The molecule has 1 aliphatic rings. The summed E-state index contributed by atoms with van der Waals surface area (Å²) in [6.07, 6.45) is 0. The van der Waals surface area contributed by atoms with Gasteiger partial charge in [0.1, 0.15) is 17.3 Å². The minimum absolute atomic E-state index is 0.0121. The third-order valence-corrected chi connectivity index (χ3v) is 5.67. The van der Waals surface area contributed by atoms with E-state index < -0.39 is 17.7 Å². The van der Waals surface area contributed by atoms with Crippen LogP contribution < -0.4 is 9.47 Å². The van der Waals surface area contributed by atoms with Gasteiger partial charge in [-0.25, -0.2) is 0 Å². The summed E-state index contributed by atoms with van der Waals surface area (Å²) in [5.74, 6) is -0.936. The highest BCUT2D eigenvalue weighted by atomic mass is 35.5. The summed E-state index contributed by atoms with van der Waals surface area (Å²) in [4.78, 5) is 29.6. The van der Waals surface area contributed by atoms with Crippen molar-refractivity contribution in [2.24, 2.45) is 0 Å². The lowest BCUT2D eigenvalue weighted by molar-refractivity contribution is -0.140. The molecule has 0 bridgehead atoms. The zero-order valence-electron chi connectivity index (χ0n) is 18.8. The molecule has 2 aromatic carbocycles. The Hall–Kier alpha value is -3.03. The zero-order chi connectivity index (χ0) is 23.6. The van der Waals surface area contributed by atoms with Crippen molar-refractivity contribution in [1.82, 2.24) is 9.80 Å². The Kier molecular flexibility index (Phi) is 7.11. The van der Waals surface area contributed by atoms with Crippen LogP contribution in [0.4, 0.5) is 0 Å². The molecule has 0 spiro atoms. The monoisotopic (exact) mass is 458 g/mol. The number of Topliss-reactive ketones (excluding diaryl/α,β-unsaturated/α-hetero) is 1. The molecule has 0 radical (unpaired) electrons. The van der Waals surface area contributed by atoms with E-state index in [1.807, 2.05) is 25.9 Å². The SMILES string of the molecule is COc1cccc(C2/C(=C(\O)c3cc(C)cc(Cl)c3OC)C(=O)C(=O)N2CCN(C)C)c1. The van der Waals surface area contributed by atoms with E-state index in [1.165, 1.54) is 12.0 Å². The summed E-state index contributed by atoms with van der Waals surface area (Å²) >= 11 is 6.31. The molecule has 2 aromatic rings. The zero-order valence-corrected chi connectivity index (χ0v) is 19.6. The molecule has 7 nitrogen and oxygen atoms in total. The highest BCUT2D eigenvalue weighted by Crippen LogP contribution is 2.43. The van der Waals surface area contributed by atoms with Crippen molar-refractivity contribution >= 4 is 29.1 Å². The molecule has 1 amide bonds. The van der Waals surface area contributed by atoms with Gasteiger partial charge in [-0.1, -0.05) is 23.7 Å². The van der Waals surface area contributed by atoms with E-state index in [2.05, 4.69) is 0 Å².